The average Bonchev–Trinajstić information content (AvgIpc) is 2.58. The number of rotatable bonds is 4. The summed E-state index contributed by atoms with van der Waals surface area (Å²) in [5, 5.41) is 15.1. The number of aromatic nitrogens is 3. The third-order valence-electron chi connectivity index (χ3n) is 2.68. The Hall–Kier alpha value is -2.06. The monoisotopic (exact) mass is 260 g/mol. The molecule has 1 saturated heterocycles. The van der Waals surface area contributed by atoms with Gasteiger partial charge in [-0.15, -0.1) is 5.10 Å². The van der Waals surface area contributed by atoms with Crippen molar-refractivity contribution in [2.24, 2.45) is 0 Å². The van der Waals surface area contributed by atoms with Crippen LogP contribution in [-0.4, -0.2) is 50.0 Å². The summed E-state index contributed by atoms with van der Waals surface area (Å²) in [5.41, 5.74) is -1.65. The van der Waals surface area contributed by atoms with Gasteiger partial charge in [-0.25, -0.2) is 18.3 Å². The van der Waals surface area contributed by atoms with Crippen molar-refractivity contribution >= 4 is 11.9 Å². The number of carbonyl (C=O) groups excluding carboxylic acids is 1. The lowest BCUT2D eigenvalue weighted by Crippen LogP contribution is -2.44. The Labute approximate surface area is 100.0 Å². The molecular weight excluding hydrogens is 250 g/mol. The van der Waals surface area contributed by atoms with Crippen LogP contribution in [0.4, 0.5) is 8.78 Å². The number of carboxylic acid groups (broad SMARTS) is 1. The molecule has 0 bridgehead atoms. The molecule has 2 heterocycles. The third kappa shape index (κ3) is 2.15. The molecule has 0 radical (unpaired) electrons. The SMILES string of the molecule is O=C(O)c1nnn(CC(=O)N2CCC2)c1C(F)F. The first-order chi connectivity index (χ1) is 8.50. The molecule has 0 unspecified atom stereocenters. The molecule has 98 valence electrons. The zero-order chi connectivity index (χ0) is 13.3. The lowest BCUT2D eigenvalue weighted by molar-refractivity contribution is -0.135. The molecule has 1 aromatic heterocycles. The van der Waals surface area contributed by atoms with Crippen molar-refractivity contribution in [2.45, 2.75) is 19.4 Å². The second-order valence-corrected chi connectivity index (χ2v) is 3.82. The number of amides is 1. The van der Waals surface area contributed by atoms with Crippen LogP contribution in [0.25, 0.3) is 0 Å². The number of carboxylic acids is 1. The fourth-order valence-electron chi connectivity index (χ4n) is 1.60. The lowest BCUT2D eigenvalue weighted by Gasteiger charge is -2.30. The van der Waals surface area contributed by atoms with Crippen LogP contribution in [0.1, 0.15) is 29.0 Å². The molecule has 9 heteroatoms. The summed E-state index contributed by atoms with van der Waals surface area (Å²) >= 11 is 0. The maximum absolute atomic E-state index is 12.7. The van der Waals surface area contributed by atoms with Gasteiger partial charge in [-0.1, -0.05) is 5.21 Å². The second kappa shape index (κ2) is 4.67. The maximum atomic E-state index is 12.7. The first-order valence-corrected chi connectivity index (χ1v) is 5.23. The van der Waals surface area contributed by atoms with E-state index < -0.39 is 30.3 Å². The van der Waals surface area contributed by atoms with Gasteiger partial charge in [0.15, 0.2) is 5.69 Å². The molecule has 1 aliphatic rings. The zero-order valence-corrected chi connectivity index (χ0v) is 9.21. The van der Waals surface area contributed by atoms with E-state index in [-0.39, 0.29) is 5.91 Å². The Morgan fingerprint density at radius 3 is 2.50 bits per heavy atom. The molecule has 2 rings (SSSR count). The average molecular weight is 260 g/mol. The molecule has 0 atom stereocenters. The molecule has 1 fully saturated rings. The minimum atomic E-state index is -3.05. The van der Waals surface area contributed by atoms with E-state index in [1.165, 1.54) is 4.90 Å². The van der Waals surface area contributed by atoms with Gasteiger partial charge in [-0.3, -0.25) is 4.79 Å². The van der Waals surface area contributed by atoms with E-state index in [9.17, 15) is 18.4 Å². The van der Waals surface area contributed by atoms with Crippen molar-refractivity contribution < 1.29 is 23.5 Å². The molecule has 0 spiro atoms. The van der Waals surface area contributed by atoms with Gasteiger partial charge in [0.2, 0.25) is 5.91 Å². The fourth-order valence-corrected chi connectivity index (χ4v) is 1.60. The van der Waals surface area contributed by atoms with E-state index in [1.807, 2.05) is 0 Å². The van der Waals surface area contributed by atoms with Crippen LogP contribution in [0.5, 0.6) is 0 Å². The van der Waals surface area contributed by atoms with Crippen LogP contribution < -0.4 is 0 Å². The van der Waals surface area contributed by atoms with Gasteiger partial charge in [0.1, 0.15) is 12.2 Å². The Kier molecular flexibility index (Phi) is 3.21. The van der Waals surface area contributed by atoms with E-state index >= 15 is 0 Å². The summed E-state index contributed by atoms with van der Waals surface area (Å²) in [5.74, 6) is -1.96. The molecule has 18 heavy (non-hydrogen) atoms. The van der Waals surface area contributed by atoms with E-state index in [0.29, 0.717) is 17.8 Å². The number of carbonyl (C=O) groups is 2. The predicted octanol–water partition coefficient (Wildman–Crippen LogP) is 0.146. The normalized spacial score (nSPS) is 14.7. The number of halogens is 2. The van der Waals surface area contributed by atoms with E-state index in [2.05, 4.69) is 10.3 Å². The minimum absolute atomic E-state index is 0.370. The summed E-state index contributed by atoms with van der Waals surface area (Å²) < 4.78 is 26.1. The van der Waals surface area contributed by atoms with Gasteiger partial charge >= 0.3 is 5.97 Å². The topological polar surface area (TPSA) is 88.3 Å². The van der Waals surface area contributed by atoms with Crippen LogP contribution in [0.15, 0.2) is 0 Å². The van der Waals surface area contributed by atoms with Crippen molar-refractivity contribution in [3.63, 3.8) is 0 Å². The van der Waals surface area contributed by atoms with Gasteiger partial charge in [-0.2, -0.15) is 0 Å². The van der Waals surface area contributed by atoms with Crippen molar-refractivity contribution in [3.8, 4) is 0 Å². The highest BCUT2D eigenvalue weighted by atomic mass is 19.3. The Morgan fingerprint density at radius 2 is 2.06 bits per heavy atom. The highest BCUT2D eigenvalue weighted by molar-refractivity contribution is 5.86. The van der Waals surface area contributed by atoms with Gasteiger partial charge in [0.05, 0.1) is 0 Å². The highest BCUT2D eigenvalue weighted by Gasteiger charge is 2.29. The van der Waals surface area contributed by atoms with Gasteiger partial charge in [-0.05, 0) is 6.42 Å². The Bertz CT molecular complexity index is 484. The summed E-state index contributed by atoms with van der Waals surface area (Å²) in [6, 6.07) is 0. The molecule has 7 nitrogen and oxygen atoms in total. The molecule has 1 aromatic rings. The number of hydrogen-bond donors (Lipinski definition) is 1. The zero-order valence-electron chi connectivity index (χ0n) is 9.21. The number of likely N-dealkylation sites (tertiary alicyclic amines) is 1. The molecule has 1 N–H and O–H groups in total. The van der Waals surface area contributed by atoms with Crippen LogP contribution in [0.2, 0.25) is 0 Å². The summed E-state index contributed by atoms with van der Waals surface area (Å²) in [6.45, 7) is 0.757. The molecule has 1 aliphatic heterocycles. The minimum Gasteiger partial charge on any atom is -0.476 e. The smallest absolute Gasteiger partial charge is 0.358 e. The lowest BCUT2D eigenvalue weighted by atomic mass is 10.2. The highest BCUT2D eigenvalue weighted by Crippen LogP contribution is 2.21. The molecule has 0 aliphatic carbocycles. The number of aromatic carboxylic acids is 1. The maximum Gasteiger partial charge on any atom is 0.358 e. The van der Waals surface area contributed by atoms with Crippen molar-refractivity contribution in [1.82, 2.24) is 19.9 Å². The van der Waals surface area contributed by atoms with Gasteiger partial charge in [0.25, 0.3) is 6.43 Å². The molecular formula is C9H10F2N4O3. The fraction of sp³-hybridized carbons (Fsp3) is 0.556. The standard InChI is InChI=1S/C9H10F2N4O3/c10-8(11)7-6(9(17)18)12-13-15(7)4-5(16)14-2-1-3-14/h8H,1-4H2,(H,17,18). The Morgan fingerprint density at radius 1 is 1.39 bits per heavy atom. The van der Waals surface area contributed by atoms with E-state index in [0.717, 1.165) is 6.42 Å². The van der Waals surface area contributed by atoms with Crippen LogP contribution in [0.3, 0.4) is 0 Å². The largest absolute Gasteiger partial charge is 0.476 e. The molecule has 0 aromatic carbocycles. The van der Waals surface area contributed by atoms with Crippen molar-refractivity contribution in [1.29, 1.82) is 0 Å². The number of alkyl halides is 2. The van der Waals surface area contributed by atoms with E-state index in [1.54, 1.807) is 0 Å². The van der Waals surface area contributed by atoms with Crippen LogP contribution in [-0.2, 0) is 11.3 Å². The first kappa shape index (κ1) is 12.4. The van der Waals surface area contributed by atoms with Crippen LogP contribution >= 0.6 is 0 Å². The molecule has 0 saturated carbocycles. The van der Waals surface area contributed by atoms with Gasteiger partial charge in [0, 0.05) is 13.1 Å². The summed E-state index contributed by atoms with van der Waals surface area (Å²) in [6.07, 6.45) is -2.17. The summed E-state index contributed by atoms with van der Waals surface area (Å²) in [4.78, 5) is 23.8. The quantitative estimate of drug-likeness (QED) is 0.832. The third-order valence-corrected chi connectivity index (χ3v) is 2.68. The van der Waals surface area contributed by atoms with Crippen molar-refractivity contribution in [3.05, 3.63) is 11.4 Å². The summed E-state index contributed by atoms with van der Waals surface area (Å²) in [7, 11) is 0. The Balaban J connectivity index is 2.21. The predicted molar refractivity (Wildman–Crippen MR) is 53.1 cm³/mol. The van der Waals surface area contributed by atoms with E-state index in [4.69, 9.17) is 5.11 Å². The van der Waals surface area contributed by atoms with Crippen molar-refractivity contribution in [2.75, 3.05) is 13.1 Å². The molecule has 1 amide bonds. The van der Waals surface area contributed by atoms with Gasteiger partial charge < -0.3 is 10.0 Å². The number of hydrogen-bond acceptors (Lipinski definition) is 4. The first-order valence-electron chi connectivity index (χ1n) is 5.23. The second-order valence-electron chi connectivity index (χ2n) is 3.82. The number of nitrogens with zero attached hydrogens (tertiary/aromatic N) is 4. The van der Waals surface area contributed by atoms with Crippen LogP contribution in [0, 0.1) is 0 Å².